The summed E-state index contributed by atoms with van der Waals surface area (Å²) in [5.41, 5.74) is 0.386. The molecule has 0 bridgehead atoms. The maximum atomic E-state index is 12.5. The summed E-state index contributed by atoms with van der Waals surface area (Å²) in [6, 6.07) is 6.68. The van der Waals surface area contributed by atoms with E-state index in [4.69, 9.17) is 4.74 Å². The highest BCUT2D eigenvalue weighted by molar-refractivity contribution is 7.17. The van der Waals surface area contributed by atoms with Crippen LogP contribution in [0, 0.1) is 0 Å². The Morgan fingerprint density at radius 2 is 2.11 bits per heavy atom. The molecule has 3 aromatic heterocycles. The van der Waals surface area contributed by atoms with E-state index < -0.39 is 17.4 Å². The zero-order valence-corrected chi connectivity index (χ0v) is 15.2. The molecular weight excluding hydrogens is 368 g/mol. The molecule has 0 radical (unpaired) electrons. The number of aromatic nitrogens is 3. The third kappa shape index (κ3) is 4.45. The summed E-state index contributed by atoms with van der Waals surface area (Å²) in [6.45, 7) is 1.70. The van der Waals surface area contributed by atoms with Crippen LogP contribution in [-0.2, 0) is 16.1 Å². The van der Waals surface area contributed by atoms with Crippen LogP contribution in [-0.4, -0.2) is 33.0 Å². The maximum absolute atomic E-state index is 12.5. The molecule has 3 aromatic rings. The predicted molar refractivity (Wildman–Crippen MR) is 101 cm³/mol. The van der Waals surface area contributed by atoms with Gasteiger partial charge in [-0.15, -0.1) is 11.3 Å². The van der Waals surface area contributed by atoms with Crippen molar-refractivity contribution in [2.75, 3.05) is 11.9 Å². The number of hydrogen-bond donors (Lipinski definition) is 1. The smallest absolute Gasteiger partial charge is 0.326 e. The Morgan fingerprint density at radius 1 is 1.26 bits per heavy atom. The quantitative estimate of drug-likeness (QED) is 0.654. The average Bonchev–Trinajstić information content (AvgIpc) is 3.16. The van der Waals surface area contributed by atoms with Gasteiger partial charge in [-0.1, -0.05) is 0 Å². The normalized spacial score (nSPS) is 10.4. The van der Waals surface area contributed by atoms with Crippen LogP contribution < -0.4 is 10.9 Å². The number of carbonyl (C=O) groups is 2. The third-order valence-corrected chi connectivity index (χ3v) is 4.56. The first-order valence-corrected chi connectivity index (χ1v) is 8.92. The summed E-state index contributed by atoms with van der Waals surface area (Å²) in [7, 11) is 0. The number of amides is 1. The van der Waals surface area contributed by atoms with Gasteiger partial charge in [-0.3, -0.25) is 19.4 Å². The summed E-state index contributed by atoms with van der Waals surface area (Å²) < 4.78 is 6.02. The van der Waals surface area contributed by atoms with Crippen LogP contribution in [0.4, 0.5) is 5.69 Å². The number of thiazole rings is 1. The van der Waals surface area contributed by atoms with Crippen molar-refractivity contribution in [3.05, 3.63) is 64.3 Å². The minimum Gasteiger partial charge on any atom is -0.465 e. The fourth-order valence-corrected chi connectivity index (χ4v) is 3.09. The lowest BCUT2D eigenvalue weighted by molar-refractivity contribution is -0.143. The van der Waals surface area contributed by atoms with Crippen molar-refractivity contribution in [1.82, 2.24) is 14.5 Å². The average molecular weight is 384 g/mol. The fourth-order valence-electron chi connectivity index (χ4n) is 2.29. The highest BCUT2D eigenvalue weighted by Crippen LogP contribution is 2.24. The van der Waals surface area contributed by atoms with Crippen LogP contribution >= 0.6 is 11.3 Å². The first-order valence-electron chi connectivity index (χ1n) is 8.11. The summed E-state index contributed by atoms with van der Waals surface area (Å²) in [4.78, 5) is 45.1. The first kappa shape index (κ1) is 18.5. The Morgan fingerprint density at radius 3 is 2.85 bits per heavy atom. The van der Waals surface area contributed by atoms with E-state index in [1.54, 1.807) is 31.5 Å². The summed E-state index contributed by atoms with van der Waals surface area (Å²) in [6.07, 6.45) is 6.22. The number of anilines is 1. The molecule has 0 unspecified atom stereocenters. The number of pyridine rings is 2. The second-order valence-electron chi connectivity index (χ2n) is 5.39. The summed E-state index contributed by atoms with van der Waals surface area (Å²) in [5.74, 6) is -0.972. The molecular formula is C18H16N4O4S. The molecule has 3 rings (SSSR count). The van der Waals surface area contributed by atoms with E-state index in [-0.39, 0.29) is 18.8 Å². The van der Waals surface area contributed by atoms with Gasteiger partial charge in [-0.25, -0.2) is 4.98 Å². The third-order valence-electron chi connectivity index (χ3n) is 3.51. The van der Waals surface area contributed by atoms with Crippen molar-refractivity contribution in [3.8, 4) is 10.6 Å². The van der Waals surface area contributed by atoms with E-state index in [0.717, 1.165) is 5.56 Å². The Labute approximate surface area is 158 Å². The van der Waals surface area contributed by atoms with Crippen LogP contribution in [0.15, 0.2) is 53.8 Å². The van der Waals surface area contributed by atoms with Crippen LogP contribution in [0.3, 0.4) is 0 Å². The number of hydrogen-bond acceptors (Lipinski definition) is 7. The van der Waals surface area contributed by atoms with Crippen molar-refractivity contribution in [1.29, 1.82) is 0 Å². The molecule has 0 saturated carbocycles. The number of nitrogens with one attached hydrogen (secondary N) is 1. The highest BCUT2D eigenvalue weighted by atomic mass is 32.1. The second kappa shape index (κ2) is 8.37. The van der Waals surface area contributed by atoms with Crippen LogP contribution in [0.2, 0.25) is 0 Å². The molecule has 8 nitrogen and oxygen atoms in total. The standard InChI is InChI=1S/C18H16N4O4S/c1-2-26-15(23)11-22-8-4-6-13(18(22)25)21-16(24)14-10-20-17(27-14)12-5-3-7-19-9-12/h3-10H,2,11H2,1H3,(H,21,24). The van der Waals surface area contributed by atoms with Gasteiger partial charge in [0, 0.05) is 24.2 Å². The molecule has 0 aliphatic heterocycles. The Hall–Kier alpha value is -3.33. The van der Waals surface area contributed by atoms with Crippen LogP contribution in [0.25, 0.3) is 10.6 Å². The molecule has 27 heavy (non-hydrogen) atoms. The van der Waals surface area contributed by atoms with Gasteiger partial charge in [0.15, 0.2) is 0 Å². The van der Waals surface area contributed by atoms with Gasteiger partial charge in [0.1, 0.15) is 22.1 Å². The number of esters is 1. The van der Waals surface area contributed by atoms with Gasteiger partial charge < -0.3 is 14.6 Å². The molecule has 0 atom stereocenters. The van der Waals surface area contributed by atoms with Crippen molar-refractivity contribution < 1.29 is 14.3 Å². The molecule has 0 spiro atoms. The Bertz CT molecular complexity index is 1010. The van der Waals surface area contributed by atoms with E-state index in [2.05, 4.69) is 15.3 Å². The zero-order chi connectivity index (χ0) is 19.2. The van der Waals surface area contributed by atoms with E-state index in [0.29, 0.717) is 9.88 Å². The lowest BCUT2D eigenvalue weighted by Crippen LogP contribution is -2.28. The molecule has 0 saturated heterocycles. The van der Waals surface area contributed by atoms with Crippen molar-refractivity contribution >= 4 is 28.9 Å². The maximum Gasteiger partial charge on any atom is 0.326 e. The zero-order valence-electron chi connectivity index (χ0n) is 14.4. The van der Waals surface area contributed by atoms with Crippen molar-refractivity contribution in [2.45, 2.75) is 13.5 Å². The number of rotatable bonds is 6. The van der Waals surface area contributed by atoms with Crippen molar-refractivity contribution in [2.24, 2.45) is 0 Å². The van der Waals surface area contributed by atoms with Crippen molar-refractivity contribution in [3.63, 3.8) is 0 Å². The molecule has 0 aliphatic rings. The molecule has 0 aromatic carbocycles. The monoisotopic (exact) mass is 384 g/mol. The molecule has 138 valence electrons. The van der Waals surface area contributed by atoms with Gasteiger partial charge in [-0.05, 0) is 31.2 Å². The van der Waals surface area contributed by atoms with E-state index in [1.165, 1.54) is 34.4 Å². The predicted octanol–water partition coefficient (Wildman–Crippen LogP) is 2.18. The lowest BCUT2D eigenvalue weighted by atomic mass is 10.3. The molecule has 1 amide bonds. The van der Waals surface area contributed by atoms with Gasteiger partial charge >= 0.3 is 5.97 Å². The molecule has 0 fully saturated rings. The topological polar surface area (TPSA) is 103 Å². The van der Waals surface area contributed by atoms with Gasteiger partial charge in [-0.2, -0.15) is 0 Å². The number of carbonyl (C=O) groups excluding carboxylic acids is 2. The summed E-state index contributed by atoms with van der Waals surface area (Å²) >= 11 is 1.19. The van der Waals surface area contributed by atoms with Gasteiger partial charge in [0.25, 0.3) is 11.5 Å². The fraction of sp³-hybridized carbons (Fsp3) is 0.167. The van der Waals surface area contributed by atoms with Gasteiger partial charge in [0.05, 0.1) is 12.8 Å². The first-order chi connectivity index (χ1) is 13.1. The van der Waals surface area contributed by atoms with Crippen LogP contribution in [0.1, 0.15) is 16.6 Å². The highest BCUT2D eigenvalue weighted by Gasteiger charge is 2.15. The molecule has 9 heteroatoms. The largest absolute Gasteiger partial charge is 0.465 e. The second-order valence-corrected chi connectivity index (χ2v) is 6.42. The van der Waals surface area contributed by atoms with E-state index in [1.807, 2.05) is 6.07 Å². The summed E-state index contributed by atoms with van der Waals surface area (Å²) in [5, 5.41) is 3.22. The minimum absolute atomic E-state index is 0.0723. The molecule has 3 heterocycles. The lowest BCUT2D eigenvalue weighted by Gasteiger charge is -2.08. The number of nitrogens with zero attached hydrogens (tertiary/aromatic N) is 3. The minimum atomic E-state index is -0.522. The molecule has 1 N–H and O–H groups in total. The Kier molecular flexibility index (Phi) is 5.72. The van der Waals surface area contributed by atoms with E-state index >= 15 is 0 Å². The number of ether oxygens (including phenoxy) is 1. The van der Waals surface area contributed by atoms with Crippen LogP contribution in [0.5, 0.6) is 0 Å². The van der Waals surface area contributed by atoms with E-state index in [9.17, 15) is 14.4 Å². The van der Waals surface area contributed by atoms with Gasteiger partial charge in [0.2, 0.25) is 0 Å². The Balaban J connectivity index is 1.76. The SMILES string of the molecule is CCOC(=O)Cn1cccc(NC(=O)c2cnc(-c3cccnc3)s2)c1=O. The molecule has 0 aliphatic carbocycles.